The highest BCUT2D eigenvalue weighted by Gasteiger charge is 2.32. The van der Waals surface area contributed by atoms with Crippen molar-refractivity contribution in [2.75, 3.05) is 4.90 Å². The van der Waals surface area contributed by atoms with E-state index in [4.69, 9.17) is 12.2 Å². The van der Waals surface area contributed by atoms with Crippen molar-refractivity contribution >= 4 is 35.0 Å². The van der Waals surface area contributed by atoms with Crippen LogP contribution in [0.1, 0.15) is 23.7 Å². The van der Waals surface area contributed by atoms with Crippen molar-refractivity contribution in [1.82, 2.24) is 15.1 Å². The molecule has 0 unspecified atom stereocenters. The van der Waals surface area contributed by atoms with E-state index in [9.17, 15) is 4.79 Å². The van der Waals surface area contributed by atoms with Crippen LogP contribution >= 0.6 is 12.2 Å². The number of carbonyl (C=O) groups is 1. The lowest BCUT2D eigenvalue weighted by molar-refractivity contribution is -0.113. The SMILES string of the molecule is CCn1cc(/C=C2/NC(=S)N(c3cccc(C)c3)C2=O)c(C)n1. The zero-order valence-electron chi connectivity index (χ0n) is 13.3. The Morgan fingerprint density at radius 3 is 2.78 bits per heavy atom. The van der Waals surface area contributed by atoms with Gasteiger partial charge in [-0.05, 0) is 56.8 Å². The minimum absolute atomic E-state index is 0.149. The molecule has 2 heterocycles. The van der Waals surface area contributed by atoms with Crippen LogP contribution in [0.4, 0.5) is 5.69 Å². The third kappa shape index (κ3) is 2.90. The minimum Gasteiger partial charge on any atom is -0.327 e. The minimum atomic E-state index is -0.149. The van der Waals surface area contributed by atoms with Crippen LogP contribution < -0.4 is 10.2 Å². The number of rotatable bonds is 3. The van der Waals surface area contributed by atoms with Crippen molar-refractivity contribution in [2.24, 2.45) is 0 Å². The predicted octanol–water partition coefficient (Wildman–Crippen LogP) is 2.78. The van der Waals surface area contributed by atoms with Crippen LogP contribution in [0.25, 0.3) is 6.08 Å². The molecule has 1 N–H and O–H groups in total. The second-order valence-electron chi connectivity index (χ2n) is 5.49. The van der Waals surface area contributed by atoms with Gasteiger partial charge in [0.1, 0.15) is 5.70 Å². The largest absolute Gasteiger partial charge is 0.327 e. The Hall–Kier alpha value is -2.47. The van der Waals surface area contributed by atoms with E-state index in [0.717, 1.165) is 29.1 Å². The number of hydrogen-bond donors (Lipinski definition) is 1. The van der Waals surface area contributed by atoms with Crippen LogP contribution in [0.15, 0.2) is 36.2 Å². The van der Waals surface area contributed by atoms with E-state index in [1.54, 1.807) is 6.08 Å². The zero-order chi connectivity index (χ0) is 16.6. The highest BCUT2D eigenvalue weighted by molar-refractivity contribution is 7.80. The van der Waals surface area contributed by atoms with Crippen molar-refractivity contribution in [3.8, 4) is 0 Å². The van der Waals surface area contributed by atoms with Crippen molar-refractivity contribution in [3.05, 3.63) is 53.0 Å². The molecule has 2 aromatic rings. The average molecular weight is 326 g/mol. The summed E-state index contributed by atoms with van der Waals surface area (Å²) in [4.78, 5) is 14.2. The maximum absolute atomic E-state index is 12.7. The Kier molecular flexibility index (Phi) is 4.00. The number of anilines is 1. The quantitative estimate of drug-likeness (QED) is 0.696. The highest BCUT2D eigenvalue weighted by Crippen LogP contribution is 2.23. The molecule has 0 radical (unpaired) electrons. The lowest BCUT2D eigenvalue weighted by Crippen LogP contribution is -2.30. The molecule has 23 heavy (non-hydrogen) atoms. The summed E-state index contributed by atoms with van der Waals surface area (Å²) in [7, 11) is 0. The maximum Gasteiger partial charge on any atom is 0.281 e. The summed E-state index contributed by atoms with van der Waals surface area (Å²) < 4.78 is 1.85. The van der Waals surface area contributed by atoms with Gasteiger partial charge in [0.2, 0.25) is 0 Å². The number of nitrogens with one attached hydrogen (secondary N) is 1. The number of benzene rings is 1. The van der Waals surface area contributed by atoms with Crippen LogP contribution in [0.5, 0.6) is 0 Å². The second-order valence-corrected chi connectivity index (χ2v) is 5.88. The van der Waals surface area contributed by atoms with E-state index in [0.29, 0.717) is 10.8 Å². The van der Waals surface area contributed by atoms with Crippen LogP contribution in [-0.4, -0.2) is 20.8 Å². The molecule has 0 saturated carbocycles. The topological polar surface area (TPSA) is 50.2 Å². The number of carbonyl (C=O) groups excluding carboxylic acids is 1. The van der Waals surface area contributed by atoms with Crippen LogP contribution in [0.2, 0.25) is 0 Å². The fourth-order valence-electron chi connectivity index (χ4n) is 2.53. The van der Waals surface area contributed by atoms with Crippen LogP contribution in [-0.2, 0) is 11.3 Å². The summed E-state index contributed by atoms with van der Waals surface area (Å²) in [6, 6.07) is 7.72. The van der Waals surface area contributed by atoms with Gasteiger partial charge >= 0.3 is 0 Å². The van der Waals surface area contributed by atoms with E-state index < -0.39 is 0 Å². The van der Waals surface area contributed by atoms with E-state index in [-0.39, 0.29) is 5.91 Å². The Labute approximate surface area is 140 Å². The fraction of sp³-hybridized carbons (Fsp3) is 0.235. The number of aromatic nitrogens is 2. The third-order valence-electron chi connectivity index (χ3n) is 3.75. The molecular weight excluding hydrogens is 308 g/mol. The first-order chi connectivity index (χ1) is 11.0. The maximum atomic E-state index is 12.7. The third-order valence-corrected chi connectivity index (χ3v) is 4.03. The Morgan fingerprint density at radius 1 is 1.35 bits per heavy atom. The molecule has 1 fully saturated rings. The van der Waals surface area contributed by atoms with E-state index in [2.05, 4.69) is 10.4 Å². The van der Waals surface area contributed by atoms with Gasteiger partial charge in [0.25, 0.3) is 5.91 Å². The fourth-order valence-corrected chi connectivity index (χ4v) is 2.83. The van der Waals surface area contributed by atoms with E-state index >= 15 is 0 Å². The predicted molar refractivity (Wildman–Crippen MR) is 95.0 cm³/mol. The first-order valence-corrected chi connectivity index (χ1v) is 7.88. The molecule has 3 rings (SSSR count). The highest BCUT2D eigenvalue weighted by atomic mass is 32.1. The van der Waals surface area contributed by atoms with Gasteiger partial charge in [0.15, 0.2) is 5.11 Å². The van der Waals surface area contributed by atoms with Crippen molar-refractivity contribution < 1.29 is 4.79 Å². The van der Waals surface area contributed by atoms with Gasteiger partial charge in [-0.3, -0.25) is 14.4 Å². The van der Waals surface area contributed by atoms with Gasteiger partial charge in [0, 0.05) is 18.3 Å². The van der Waals surface area contributed by atoms with Gasteiger partial charge in [-0.15, -0.1) is 0 Å². The Bertz CT molecular complexity index is 822. The first-order valence-electron chi connectivity index (χ1n) is 7.47. The van der Waals surface area contributed by atoms with E-state index in [1.165, 1.54) is 4.90 Å². The van der Waals surface area contributed by atoms with Gasteiger partial charge in [-0.1, -0.05) is 12.1 Å². The summed E-state index contributed by atoms with van der Waals surface area (Å²) in [6.45, 7) is 6.73. The normalized spacial score (nSPS) is 16.3. The molecule has 0 atom stereocenters. The monoisotopic (exact) mass is 326 g/mol. The number of nitrogens with zero attached hydrogens (tertiary/aromatic N) is 3. The molecule has 0 bridgehead atoms. The molecule has 1 aromatic heterocycles. The number of aryl methyl sites for hydroxylation is 3. The summed E-state index contributed by atoms with van der Waals surface area (Å²) in [5, 5.41) is 7.79. The Morgan fingerprint density at radius 2 is 2.13 bits per heavy atom. The van der Waals surface area contributed by atoms with Crippen molar-refractivity contribution in [3.63, 3.8) is 0 Å². The van der Waals surface area contributed by atoms with E-state index in [1.807, 2.05) is 55.9 Å². The standard InChI is InChI=1S/C17H18N4OS/c1-4-20-10-13(12(3)19-20)9-15-16(22)21(17(23)18-15)14-7-5-6-11(2)8-14/h5-10H,4H2,1-3H3,(H,18,23)/b15-9+. The smallest absolute Gasteiger partial charge is 0.281 e. The second kappa shape index (κ2) is 5.96. The lowest BCUT2D eigenvalue weighted by Gasteiger charge is -2.14. The van der Waals surface area contributed by atoms with Gasteiger partial charge < -0.3 is 5.32 Å². The molecule has 5 nitrogen and oxygen atoms in total. The molecular formula is C17H18N4OS. The number of hydrogen-bond acceptors (Lipinski definition) is 3. The van der Waals surface area contributed by atoms with Crippen LogP contribution in [0.3, 0.4) is 0 Å². The first kappa shape index (κ1) is 15.4. The Balaban J connectivity index is 1.94. The lowest BCUT2D eigenvalue weighted by atomic mass is 10.2. The molecule has 0 spiro atoms. The molecule has 1 aliphatic heterocycles. The number of amides is 1. The van der Waals surface area contributed by atoms with Crippen molar-refractivity contribution in [2.45, 2.75) is 27.3 Å². The van der Waals surface area contributed by atoms with Crippen molar-refractivity contribution in [1.29, 1.82) is 0 Å². The summed E-state index contributed by atoms with van der Waals surface area (Å²) in [6.07, 6.45) is 3.73. The average Bonchev–Trinajstić information content (AvgIpc) is 3.00. The van der Waals surface area contributed by atoms with Gasteiger partial charge in [-0.2, -0.15) is 5.10 Å². The number of thiocarbonyl (C=S) groups is 1. The molecule has 6 heteroatoms. The molecule has 0 aliphatic carbocycles. The molecule has 1 aromatic carbocycles. The van der Waals surface area contributed by atoms with Crippen LogP contribution in [0, 0.1) is 13.8 Å². The molecule has 1 saturated heterocycles. The zero-order valence-corrected chi connectivity index (χ0v) is 14.1. The molecule has 1 aliphatic rings. The van der Waals surface area contributed by atoms with Gasteiger partial charge in [-0.25, -0.2) is 0 Å². The molecule has 118 valence electrons. The summed E-state index contributed by atoms with van der Waals surface area (Å²) in [5.41, 5.74) is 4.12. The molecule has 1 amide bonds. The van der Waals surface area contributed by atoms with Gasteiger partial charge in [0.05, 0.1) is 11.4 Å². The summed E-state index contributed by atoms with van der Waals surface area (Å²) >= 11 is 5.33. The summed E-state index contributed by atoms with van der Waals surface area (Å²) in [5.74, 6) is -0.149.